The number of nitrogens with one attached hydrogen (secondary N) is 2. The topological polar surface area (TPSA) is 80.1 Å². The van der Waals surface area contributed by atoms with Gasteiger partial charge in [0, 0.05) is 35.8 Å². The zero-order valence-electron chi connectivity index (χ0n) is 11.0. The SMILES string of the molecule is NC1C2CCOC2C1NC(=O)c1ccc2cc[nH]c2c1. The molecule has 1 aliphatic carbocycles. The van der Waals surface area contributed by atoms with Crippen molar-refractivity contribution in [3.63, 3.8) is 0 Å². The zero-order valence-corrected chi connectivity index (χ0v) is 11.0. The van der Waals surface area contributed by atoms with Crippen LogP contribution < -0.4 is 11.1 Å². The minimum atomic E-state index is -0.0871. The van der Waals surface area contributed by atoms with E-state index >= 15 is 0 Å². The first kappa shape index (κ1) is 11.9. The molecule has 4 unspecified atom stereocenters. The van der Waals surface area contributed by atoms with E-state index in [1.165, 1.54) is 0 Å². The van der Waals surface area contributed by atoms with Crippen LogP contribution in [0.3, 0.4) is 0 Å². The van der Waals surface area contributed by atoms with Crippen molar-refractivity contribution in [3.8, 4) is 0 Å². The Labute approximate surface area is 116 Å². The van der Waals surface area contributed by atoms with Crippen LogP contribution in [-0.2, 0) is 4.74 Å². The Morgan fingerprint density at radius 2 is 2.30 bits per heavy atom. The Morgan fingerprint density at radius 1 is 1.40 bits per heavy atom. The lowest BCUT2D eigenvalue weighted by Gasteiger charge is -2.45. The molecular formula is C15H17N3O2. The molecule has 4 atom stereocenters. The van der Waals surface area contributed by atoms with Crippen LogP contribution in [0.1, 0.15) is 16.8 Å². The average Bonchev–Trinajstić information content (AvgIpc) is 3.10. The maximum absolute atomic E-state index is 12.3. The number of benzene rings is 1. The van der Waals surface area contributed by atoms with Gasteiger partial charge in [-0.05, 0) is 30.0 Å². The number of ether oxygens (including phenoxy) is 1. The Hall–Kier alpha value is -1.85. The second kappa shape index (κ2) is 4.33. The summed E-state index contributed by atoms with van der Waals surface area (Å²) in [4.78, 5) is 15.4. The number of aromatic amines is 1. The molecule has 20 heavy (non-hydrogen) atoms. The van der Waals surface area contributed by atoms with E-state index in [1.807, 2.05) is 30.5 Å². The number of rotatable bonds is 2. The lowest BCUT2D eigenvalue weighted by Crippen LogP contribution is -2.68. The van der Waals surface area contributed by atoms with E-state index in [-0.39, 0.29) is 24.1 Å². The number of aromatic nitrogens is 1. The van der Waals surface area contributed by atoms with Crippen molar-refractivity contribution in [2.24, 2.45) is 11.7 Å². The molecule has 0 spiro atoms. The van der Waals surface area contributed by atoms with Crippen LogP contribution >= 0.6 is 0 Å². The molecule has 1 saturated heterocycles. The van der Waals surface area contributed by atoms with Crippen molar-refractivity contribution < 1.29 is 9.53 Å². The predicted molar refractivity (Wildman–Crippen MR) is 75.4 cm³/mol. The standard InChI is InChI=1S/C15H17N3O2/c16-12-10-4-6-20-14(10)13(12)18-15(19)9-2-1-8-3-5-17-11(8)7-9/h1-3,5,7,10,12-14,17H,4,6,16H2,(H,18,19). The second-order valence-corrected chi connectivity index (χ2v) is 5.64. The Bertz CT molecular complexity index is 666. The van der Waals surface area contributed by atoms with Crippen molar-refractivity contribution in [2.45, 2.75) is 24.6 Å². The number of carbonyl (C=O) groups excluding carboxylic acids is 1. The molecule has 4 rings (SSSR count). The number of H-pyrrole nitrogens is 1. The van der Waals surface area contributed by atoms with Gasteiger partial charge >= 0.3 is 0 Å². The lowest BCUT2D eigenvalue weighted by molar-refractivity contribution is -0.0161. The Morgan fingerprint density at radius 3 is 3.20 bits per heavy atom. The van der Waals surface area contributed by atoms with Crippen LogP contribution in [-0.4, -0.2) is 35.7 Å². The van der Waals surface area contributed by atoms with Crippen LogP contribution in [0.4, 0.5) is 0 Å². The molecule has 5 nitrogen and oxygen atoms in total. The van der Waals surface area contributed by atoms with Crippen molar-refractivity contribution >= 4 is 16.8 Å². The molecular weight excluding hydrogens is 254 g/mol. The monoisotopic (exact) mass is 271 g/mol. The quantitative estimate of drug-likeness (QED) is 0.762. The summed E-state index contributed by atoms with van der Waals surface area (Å²) in [7, 11) is 0. The minimum Gasteiger partial charge on any atom is -0.376 e. The highest BCUT2D eigenvalue weighted by Gasteiger charge is 2.52. The van der Waals surface area contributed by atoms with Crippen LogP contribution in [0.2, 0.25) is 0 Å². The molecule has 5 heteroatoms. The first-order valence-corrected chi connectivity index (χ1v) is 6.99. The number of hydrogen-bond donors (Lipinski definition) is 3. The Kier molecular flexibility index (Phi) is 2.58. The van der Waals surface area contributed by atoms with Gasteiger partial charge in [0.2, 0.25) is 0 Å². The second-order valence-electron chi connectivity index (χ2n) is 5.64. The molecule has 1 amide bonds. The van der Waals surface area contributed by atoms with Crippen molar-refractivity contribution in [1.82, 2.24) is 10.3 Å². The zero-order chi connectivity index (χ0) is 13.7. The highest BCUT2D eigenvalue weighted by Crippen LogP contribution is 2.37. The summed E-state index contributed by atoms with van der Waals surface area (Å²) >= 11 is 0. The fourth-order valence-corrected chi connectivity index (χ4v) is 3.35. The molecule has 1 aromatic carbocycles. The predicted octanol–water partition coefficient (Wildman–Crippen LogP) is 1.01. The van der Waals surface area contributed by atoms with Gasteiger partial charge in [-0.25, -0.2) is 0 Å². The third-order valence-corrected chi connectivity index (χ3v) is 4.56. The summed E-state index contributed by atoms with van der Waals surface area (Å²) in [6.07, 6.45) is 2.97. The summed E-state index contributed by atoms with van der Waals surface area (Å²) in [6, 6.07) is 7.58. The molecule has 1 aliphatic heterocycles. The average molecular weight is 271 g/mol. The Balaban J connectivity index is 1.52. The van der Waals surface area contributed by atoms with E-state index in [1.54, 1.807) is 0 Å². The molecule has 2 heterocycles. The van der Waals surface area contributed by atoms with Crippen molar-refractivity contribution in [1.29, 1.82) is 0 Å². The summed E-state index contributed by atoms with van der Waals surface area (Å²) in [5.41, 5.74) is 7.72. The largest absolute Gasteiger partial charge is 0.376 e. The third-order valence-electron chi connectivity index (χ3n) is 4.56. The van der Waals surface area contributed by atoms with Crippen LogP contribution in [0.5, 0.6) is 0 Å². The number of fused-ring (bicyclic) bond motifs is 2. The van der Waals surface area contributed by atoms with E-state index in [0.29, 0.717) is 11.5 Å². The molecule has 0 radical (unpaired) electrons. The van der Waals surface area contributed by atoms with Crippen LogP contribution in [0.25, 0.3) is 10.9 Å². The van der Waals surface area contributed by atoms with Gasteiger partial charge in [0.25, 0.3) is 5.91 Å². The van der Waals surface area contributed by atoms with Gasteiger partial charge in [0.1, 0.15) is 0 Å². The van der Waals surface area contributed by atoms with Gasteiger partial charge in [-0.1, -0.05) is 6.07 Å². The van der Waals surface area contributed by atoms with E-state index in [2.05, 4.69) is 10.3 Å². The molecule has 1 saturated carbocycles. The number of hydrogen-bond acceptors (Lipinski definition) is 3. The molecule has 2 fully saturated rings. The van der Waals surface area contributed by atoms with E-state index in [4.69, 9.17) is 10.5 Å². The molecule has 2 aromatic rings. The fourth-order valence-electron chi connectivity index (χ4n) is 3.35. The van der Waals surface area contributed by atoms with Crippen LogP contribution in [0.15, 0.2) is 30.5 Å². The van der Waals surface area contributed by atoms with E-state index in [9.17, 15) is 4.79 Å². The number of amides is 1. The molecule has 0 bridgehead atoms. The molecule has 4 N–H and O–H groups in total. The van der Waals surface area contributed by atoms with Gasteiger partial charge in [-0.2, -0.15) is 0 Å². The van der Waals surface area contributed by atoms with Gasteiger partial charge in [-0.15, -0.1) is 0 Å². The highest BCUT2D eigenvalue weighted by atomic mass is 16.5. The molecule has 1 aromatic heterocycles. The summed E-state index contributed by atoms with van der Waals surface area (Å²) in [5.74, 6) is 0.321. The highest BCUT2D eigenvalue weighted by molar-refractivity contribution is 5.98. The summed E-state index contributed by atoms with van der Waals surface area (Å²) in [6.45, 7) is 0.754. The van der Waals surface area contributed by atoms with E-state index in [0.717, 1.165) is 23.9 Å². The van der Waals surface area contributed by atoms with Gasteiger partial charge < -0.3 is 20.8 Å². The fraction of sp³-hybridized carbons (Fsp3) is 0.400. The smallest absolute Gasteiger partial charge is 0.251 e. The van der Waals surface area contributed by atoms with Gasteiger partial charge in [-0.3, -0.25) is 4.79 Å². The van der Waals surface area contributed by atoms with Crippen molar-refractivity contribution in [2.75, 3.05) is 6.61 Å². The summed E-state index contributed by atoms with van der Waals surface area (Å²) < 4.78 is 5.63. The maximum Gasteiger partial charge on any atom is 0.251 e. The van der Waals surface area contributed by atoms with Gasteiger partial charge in [0.05, 0.1) is 12.1 Å². The maximum atomic E-state index is 12.3. The lowest BCUT2D eigenvalue weighted by atomic mass is 9.72. The van der Waals surface area contributed by atoms with Crippen LogP contribution in [0, 0.1) is 5.92 Å². The third kappa shape index (κ3) is 1.67. The first-order valence-electron chi connectivity index (χ1n) is 6.99. The number of nitrogens with two attached hydrogens (primary N) is 1. The molecule has 2 aliphatic rings. The first-order chi connectivity index (χ1) is 9.74. The summed E-state index contributed by atoms with van der Waals surface area (Å²) in [5, 5.41) is 4.11. The van der Waals surface area contributed by atoms with E-state index < -0.39 is 0 Å². The molecule has 104 valence electrons. The normalized spacial score (nSPS) is 31.9. The number of carbonyl (C=O) groups is 1. The van der Waals surface area contributed by atoms with Crippen molar-refractivity contribution in [3.05, 3.63) is 36.0 Å². The minimum absolute atomic E-state index is 0.0145. The van der Waals surface area contributed by atoms with Gasteiger partial charge in [0.15, 0.2) is 0 Å².